The van der Waals surface area contributed by atoms with Crippen LogP contribution in [0.4, 0.5) is 17.5 Å². The summed E-state index contributed by atoms with van der Waals surface area (Å²) in [4.78, 5) is 16.5. The van der Waals surface area contributed by atoms with Gasteiger partial charge in [0.1, 0.15) is 0 Å². The normalized spacial score (nSPS) is 10.3. The van der Waals surface area contributed by atoms with Crippen molar-refractivity contribution in [2.75, 3.05) is 17.2 Å². The van der Waals surface area contributed by atoms with Crippen LogP contribution in [-0.2, 0) is 11.3 Å². The highest BCUT2D eigenvalue weighted by molar-refractivity contribution is 5.96. The van der Waals surface area contributed by atoms with Gasteiger partial charge in [-0.1, -0.05) is 42.0 Å². The Bertz CT molecular complexity index is 930. The van der Waals surface area contributed by atoms with Crippen LogP contribution in [0.3, 0.4) is 0 Å². The number of nitrogens with one attached hydrogen (secondary N) is 2. The summed E-state index contributed by atoms with van der Waals surface area (Å²) < 4.78 is 5.08. The van der Waals surface area contributed by atoms with Crippen molar-refractivity contribution >= 4 is 23.4 Å². The van der Waals surface area contributed by atoms with E-state index in [2.05, 4.69) is 44.9 Å². The Kier molecular flexibility index (Phi) is 5.94. The highest BCUT2D eigenvalue weighted by Crippen LogP contribution is 2.20. The Morgan fingerprint density at radius 2 is 2.00 bits per heavy atom. The first-order chi connectivity index (χ1) is 13.2. The zero-order valence-electron chi connectivity index (χ0n) is 15.3. The van der Waals surface area contributed by atoms with Gasteiger partial charge < -0.3 is 15.4 Å². The Hall–Kier alpha value is -3.48. The number of hydrogen-bond acceptors (Lipinski definition) is 7. The third-order valence-electron chi connectivity index (χ3n) is 3.78. The maximum atomic E-state index is 12.1. The molecule has 138 valence electrons. The number of ether oxygens (including phenoxy) is 1. The van der Waals surface area contributed by atoms with Gasteiger partial charge in [0.15, 0.2) is 5.82 Å². The fourth-order valence-corrected chi connectivity index (χ4v) is 2.56. The first-order valence-corrected chi connectivity index (χ1v) is 8.68. The fourth-order valence-electron chi connectivity index (χ4n) is 2.56. The zero-order valence-corrected chi connectivity index (χ0v) is 15.3. The number of rotatable bonds is 7. The predicted molar refractivity (Wildman–Crippen MR) is 104 cm³/mol. The van der Waals surface area contributed by atoms with Crippen LogP contribution >= 0.6 is 0 Å². The molecule has 0 unspecified atom stereocenters. The Morgan fingerprint density at radius 3 is 2.81 bits per heavy atom. The standard InChI is InChI=1S/C20H21N5O2/c1-3-27-19(26)16-9-4-5-10-17(16)23-20-24-18(13-22-25-20)21-12-15-8-6-7-14(2)11-15/h4-11,13H,3,12H2,1-2H3,(H2,21,23,24,25). The second kappa shape index (κ2) is 8.75. The van der Waals surface area contributed by atoms with Crippen molar-refractivity contribution in [3.05, 3.63) is 71.4 Å². The van der Waals surface area contributed by atoms with Crippen LogP contribution in [0.1, 0.15) is 28.4 Å². The van der Waals surface area contributed by atoms with Gasteiger partial charge in [-0.3, -0.25) is 0 Å². The van der Waals surface area contributed by atoms with E-state index >= 15 is 0 Å². The lowest BCUT2D eigenvalue weighted by atomic mass is 10.1. The molecule has 2 aromatic carbocycles. The molecule has 7 heteroatoms. The van der Waals surface area contributed by atoms with E-state index in [1.165, 1.54) is 5.56 Å². The van der Waals surface area contributed by atoms with E-state index in [4.69, 9.17) is 4.74 Å². The van der Waals surface area contributed by atoms with E-state index in [-0.39, 0.29) is 0 Å². The number of carbonyl (C=O) groups excluding carboxylic acids is 1. The van der Waals surface area contributed by atoms with Crippen LogP contribution < -0.4 is 10.6 Å². The quantitative estimate of drug-likeness (QED) is 0.619. The van der Waals surface area contributed by atoms with Gasteiger partial charge in [0.05, 0.1) is 24.1 Å². The van der Waals surface area contributed by atoms with E-state index < -0.39 is 5.97 Å². The summed E-state index contributed by atoms with van der Waals surface area (Å²) in [5.74, 6) is 0.478. The van der Waals surface area contributed by atoms with Crippen LogP contribution in [0.5, 0.6) is 0 Å². The van der Waals surface area contributed by atoms with Gasteiger partial charge in [-0.15, -0.1) is 5.10 Å². The minimum absolute atomic E-state index is 0.293. The molecule has 1 heterocycles. The molecule has 0 aliphatic carbocycles. The molecule has 3 aromatic rings. The molecule has 0 atom stereocenters. The number of carbonyl (C=O) groups is 1. The van der Waals surface area contributed by atoms with Crippen molar-refractivity contribution < 1.29 is 9.53 Å². The molecule has 0 amide bonds. The molecule has 0 spiro atoms. The van der Waals surface area contributed by atoms with E-state index in [0.717, 1.165) is 5.56 Å². The summed E-state index contributed by atoms with van der Waals surface area (Å²) in [5.41, 5.74) is 3.33. The van der Waals surface area contributed by atoms with E-state index in [1.54, 1.807) is 31.3 Å². The largest absolute Gasteiger partial charge is 0.462 e. The molecular weight excluding hydrogens is 342 g/mol. The Balaban J connectivity index is 1.72. The molecule has 1 aromatic heterocycles. The monoisotopic (exact) mass is 363 g/mol. The number of hydrogen-bond donors (Lipinski definition) is 2. The highest BCUT2D eigenvalue weighted by Gasteiger charge is 2.13. The number of benzene rings is 2. The first kappa shape index (κ1) is 18.3. The van der Waals surface area contributed by atoms with Gasteiger partial charge in [0.2, 0.25) is 5.95 Å². The number of aryl methyl sites for hydroxylation is 1. The highest BCUT2D eigenvalue weighted by atomic mass is 16.5. The van der Waals surface area contributed by atoms with E-state index in [0.29, 0.717) is 36.2 Å². The third kappa shape index (κ3) is 5.01. The van der Waals surface area contributed by atoms with Crippen LogP contribution in [-0.4, -0.2) is 27.8 Å². The van der Waals surface area contributed by atoms with Crippen molar-refractivity contribution in [2.24, 2.45) is 0 Å². The number of nitrogens with zero attached hydrogens (tertiary/aromatic N) is 3. The lowest BCUT2D eigenvalue weighted by Gasteiger charge is -2.11. The summed E-state index contributed by atoms with van der Waals surface area (Å²) >= 11 is 0. The lowest BCUT2D eigenvalue weighted by Crippen LogP contribution is -2.10. The molecule has 0 saturated carbocycles. The number of anilines is 3. The van der Waals surface area contributed by atoms with Gasteiger partial charge in [-0.25, -0.2) is 4.79 Å². The molecule has 3 rings (SSSR count). The minimum atomic E-state index is -0.401. The number of para-hydroxylation sites is 1. The number of esters is 1. The average molecular weight is 363 g/mol. The van der Waals surface area contributed by atoms with Gasteiger partial charge in [-0.2, -0.15) is 10.1 Å². The number of aromatic nitrogens is 3. The average Bonchev–Trinajstić information content (AvgIpc) is 2.67. The van der Waals surface area contributed by atoms with Gasteiger partial charge >= 0.3 is 5.97 Å². The smallest absolute Gasteiger partial charge is 0.340 e. The molecule has 0 fully saturated rings. The maximum absolute atomic E-state index is 12.1. The summed E-state index contributed by atoms with van der Waals surface area (Å²) in [6, 6.07) is 15.3. The first-order valence-electron chi connectivity index (χ1n) is 8.68. The Labute approximate surface area is 157 Å². The van der Waals surface area contributed by atoms with E-state index in [1.807, 2.05) is 18.2 Å². The molecule has 7 nitrogen and oxygen atoms in total. The van der Waals surface area contributed by atoms with E-state index in [9.17, 15) is 4.79 Å². The zero-order chi connectivity index (χ0) is 19.1. The fraction of sp³-hybridized carbons (Fsp3) is 0.200. The van der Waals surface area contributed by atoms with Crippen molar-refractivity contribution in [3.8, 4) is 0 Å². The van der Waals surface area contributed by atoms with Crippen LogP contribution in [0, 0.1) is 6.92 Å². The maximum Gasteiger partial charge on any atom is 0.340 e. The summed E-state index contributed by atoms with van der Waals surface area (Å²) in [6.45, 7) is 4.76. The predicted octanol–water partition coefficient (Wildman–Crippen LogP) is 3.71. The molecule has 0 radical (unpaired) electrons. The molecule has 2 N–H and O–H groups in total. The molecular formula is C20H21N5O2. The summed E-state index contributed by atoms with van der Waals surface area (Å²) in [5, 5.41) is 14.2. The molecule has 0 bridgehead atoms. The molecule has 0 saturated heterocycles. The van der Waals surface area contributed by atoms with Crippen LogP contribution in [0.25, 0.3) is 0 Å². The third-order valence-corrected chi connectivity index (χ3v) is 3.78. The second-order valence-corrected chi connectivity index (χ2v) is 5.90. The summed E-state index contributed by atoms with van der Waals surface area (Å²) in [6.07, 6.45) is 1.55. The minimum Gasteiger partial charge on any atom is -0.462 e. The molecule has 27 heavy (non-hydrogen) atoms. The van der Waals surface area contributed by atoms with Gasteiger partial charge in [-0.05, 0) is 31.5 Å². The van der Waals surface area contributed by atoms with Crippen molar-refractivity contribution in [2.45, 2.75) is 20.4 Å². The van der Waals surface area contributed by atoms with Crippen LogP contribution in [0.2, 0.25) is 0 Å². The Morgan fingerprint density at radius 1 is 1.15 bits per heavy atom. The summed E-state index contributed by atoms with van der Waals surface area (Å²) in [7, 11) is 0. The second-order valence-electron chi connectivity index (χ2n) is 5.90. The SMILES string of the molecule is CCOC(=O)c1ccccc1Nc1nncc(NCc2cccc(C)c2)n1. The van der Waals surface area contributed by atoms with Gasteiger partial charge in [0.25, 0.3) is 0 Å². The van der Waals surface area contributed by atoms with Crippen molar-refractivity contribution in [1.29, 1.82) is 0 Å². The topological polar surface area (TPSA) is 89.0 Å². The van der Waals surface area contributed by atoms with Gasteiger partial charge in [0, 0.05) is 6.54 Å². The molecule has 0 aliphatic rings. The van der Waals surface area contributed by atoms with Crippen LogP contribution in [0.15, 0.2) is 54.7 Å². The lowest BCUT2D eigenvalue weighted by molar-refractivity contribution is 0.0527. The van der Waals surface area contributed by atoms with Crippen molar-refractivity contribution in [3.63, 3.8) is 0 Å². The molecule has 0 aliphatic heterocycles. The van der Waals surface area contributed by atoms with Crippen molar-refractivity contribution in [1.82, 2.24) is 15.2 Å².